The van der Waals surface area contributed by atoms with Crippen LogP contribution in [0.1, 0.15) is 45.6 Å². The Balaban J connectivity index is 1.83. The quantitative estimate of drug-likeness (QED) is 0.880. The van der Waals surface area contributed by atoms with E-state index in [2.05, 4.69) is 5.32 Å². The van der Waals surface area contributed by atoms with Gasteiger partial charge in [-0.15, -0.1) is 0 Å². The monoisotopic (exact) mass is 362 g/mol. The molecular weight excluding hydrogens is 332 g/mol. The van der Waals surface area contributed by atoms with Crippen LogP contribution in [0.3, 0.4) is 0 Å². The molecule has 0 spiro atoms. The van der Waals surface area contributed by atoms with E-state index in [1.807, 2.05) is 45.9 Å². The zero-order valence-electron chi connectivity index (χ0n) is 16.4. The summed E-state index contributed by atoms with van der Waals surface area (Å²) in [5.41, 5.74) is 1.27. The van der Waals surface area contributed by atoms with Crippen molar-refractivity contribution in [2.24, 2.45) is 5.92 Å². The van der Waals surface area contributed by atoms with Crippen molar-refractivity contribution >= 4 is 17.7 Å². The average Bonchev–Trinajstić information content (AvgIpc) is 2.54. The summed E-state index contributed by atoms with van der Waals surface area (Å²) < 4.78 is 10.7. The summed E-state index contributed by atoms with van der Waals surface area (Å²) in [4.78, 5) is 26.2. The van der Waals surface area contributed by atoms with Crippen molar-refractivity contribution in [3.05, 3.63) is 23.8 Å². The van der Waals surface area contributed by atoms with Crippen molar-refractivity contribution in [3.8, 4) is 5.75 Å². The summed E-state index contributed by atoms with van der Waals surface area (Å²) >= 11 is 0. The number of rotatable bonds is 4. The van der Waals surface area contributed by atoms with Gasteiger partial charge in [-0.1, -0.05) is 6.07 Å². The van der Waals surface area contributed by atoms with Gasteiger partial charge in [0.05, 0.1) is 12.8 Å². The third-order valence-electron chi connectivity index (χ3n) is 4.37. The molecule has 26 heavy (non-hydrogen) atoms. The highest BCUT2D eigenvalue weighted by Gasteiger charge is 2.27. The van der Waals surface area contributed by atoms with Gasteiger partial charge in [-0.05, 0) is 64.2 Å². The fraction of sp³-hybridized carbons (Fsp3) is 0.600. The first-order valence-electron chi connectivity index (χ1n) is 9.10. The molecule has 1 N–H and O–H groups in total. The molecule has 0 atom stereocenters. The number of hydrogen-bond acceptors (Lipinski definition) is 4. The SMILES string of the molecule is COc1ccc(C)cc1NC(=O)CC1CCN(C(=O)OC(C)(C)C)CC1. The van der Waals surface area contributed by atoms with Gasteiger partial charge in [0.15, 0.2) is 0 Å². The Morgan fingerprint density at radius 1 is 1.23 bits per heavy atom. The molecule has 6 heteroatoms. The van der Waals surface area contributed by atoms with E-state index >= 15 is 0 Å². The lowest BCUT2D eigenvalue weighted by molar-refractivity contribution is -0.117. The molecule has 6 nitrogen and oxygen atoms in total. The predicted octanol–water partition coefficient (Wildman–Crippen LogP) is 3.98. The second-order valence-electron chi connectivity index (χ2n) is 7.87. The zero-order valence-corrected chi connectivity index (χ0v) is 16.4. The van der Waals surface area contributed by atoms with Crippen LogP contribution in [0.5, 0.6) is 5.75 Å². The van der Waals surface area contributed by atoms with Gasteiger partial charge in [0.25, 0.3) is 0 Å². The first-order valence-corrected chi connectivity index (χ1v) is 9.10. The minimum atomic E-state index is -0.485. The van der Waals surface area contributed by atoms with Gasteiger partial charge < -0.3 is 19.7 Å². The number of aryl methyl sites for hydroxylation is 1. The van der Waals surface area contributed by atoms with E-state index < -0.39 is 5.60 Å². The molecule has 0 aromatic heterocycles. The number of anilines is 1. The summed E-state index contributed by atoms with van der Waals surface area (Å²) in [5.74, 6) is 0.901. The number of carbonyl (C=O) groups excluding carboxylic acids is 2. The maximum absolute atomic E-state index is 12.4. The molecule has 0 saturated carbocycles. The van der Waals surface area contributed by atoms with Crippen LogP contribution in [0, 0.1) is 12.8 Å². The van der Waals surface area contributed by atoms with E-state index in [1.54, 1.807) is 12.0 Å². The van der Waals surface area contributed by atoms with Gasteiger partial charge in [0, 0.05) is 19.5 Å². The number of nitrogens with zero attached hydrogens (tertiary/aromatic N) is 1. The predicted molar refractivity (Wildman–Crippen MR) is 102 cm³/mol. The topological polar surface area (TPSA) is 67.9 Å². The van der Waals surface area contributed by atoms with Gasteiger partial charge in [-0.2, -0.15) is 0 Å². The standard InChI is InChI=1S/C20H30N2O4/c1-14-6-7-17(25-5)16(12-14)21-18(23)13-15-8-10-22(11-9-15)19(24)26-20(2,3)4/h6-7,12,15H,8-11,13H2,1-5H3,(H,21,23). The molecule has 1 aromatic rings. The molecule has 1 aliphatic rings. The fourth-order valence-electron chi connectivity index (χ4n) is 3.03. The Bertz CT molecular complexity index is 644. The fourth-order valence-corrected chi connectivity index (χ4v) is 3.03. The van der Waals surface area contributed by atoms with Crippen molar-refractivity contribution in [1.82, 2.24) is 4.90 Å². The zero-order chi connectivity index (χ0) is 19.3. The van der Waals surface area contributed by atoms with Crippen molar-refractivity contribution in [3.63, 3.8) is 0 Å². The molecule has 1 aliphatic heterocycles. The Hall–Kier alpha value is -2.24. The summed E-state index contributed by atoms with van der Waals surface area (Å²) in [6.07, 6.45) is 1.78. The molecule has 1 aromatic carbocycles. The number of benzene rings is 1. The molecule has 144 valence electrons. The minimum absolute atomic E-state index is 0.0235. The summed E-state index contributed by atoms with van der Waals surface area (Å²) in [6.45, 7) is 8.81. The normalized spacial score (nSPS) is 15.5. The summed E-state index contributed by atoms with van der Waals surface area (Å²) in [6, 6.07) is 5.70. The third-order valence-corrected chi connectivity index (χ3v) is 4.37. The van der Waals surface area contributed by atoms with Crippen molar-refractivity contribution < 1.29 is 19.1 Å². The first kappa shape index (κ1) is 20.1. The van der Waals surface area contributed by atoms with E-state index in [1.165, 1.54) is 0 Å². The maximum Gasteiger partial charge on any atom is 0.410 e. The number of methoxy groups -OCH3 is 1. The first-order chi connectivity index (χ1) is 12.2. The highest BCUT2D eigenvalue weighted by molar-refractivity contribution is 5.92. The van der Waals surface area contributed by atoms with Crippen molar-refractivity contribution in [2.45, 2.75) is 52.6 Å². The second kappa shape index (κ2) is 8.43. The van der Waals surface area contributed by atoms with E-state index in [4.69, 9.17) is 9.47 Å². The molecule has 0 bridgehead atoms. The molecule has 0 radical (unpaired) electrons. The van der Waals surface area contributed by atoms with Crippen molar-refractivity contribution in [2.75, 3.05) is 25.5 Å². The molecule has 1 heterocycles. The second-order valence-corrected chi connectivity index (χ2v) is 7.87. The maximum atomic E-state index is 12.4. The van der Waals surface area contributed by atoms with E-state index in [-0.39, 0.29) is 17.9 Å². The highest BCUT2D eigenvalue weighted by Crippen LogP contribution is 2.27. The molecular formula is C20H30N2O4. The summed E-state index contributed by atoms with van der Waals surface area (Å²) in [5, 5.41) is 2.95. The lowest BCUT2D eigenvalue weighted by Gasteiger charge is -2.33. The number of likely N-dealkylation sites (tertiary alicyclic amines) is 1. The average molecular weight is 362 g/mol. The van der Waals surface area contributed by atoms with Gasteiger partial charge >= 0.3 is 6.09 Å². The van der Waals surface area contributed by atoms with Gasteiger partial charge in [-0.25, -0.2) is 4.79 Å². The largest absolute Gasteiger partial charge is 0.495 e. The van der Waals surface area contributed by atoms with Crippen LogP contribution in [0.4, 0.5) is 10.5 Å². The van der Waals surface area contributed by atoms with Crippen LogP contribution in [0.15, 0.2) is 18.2 Å². The number of carbonyl (C=O) groups is 2. The highest BCUT2D eigenvalue weighted by atomic mass is 16.6. The molecule has 1 saturated heterocycles. The minimum Gasteiger partial charge on any atom is -0.495 e. The van der Waals surface area contributed by atoms with E-state index in [0.717, 1.165) is 18.4 Å². The number of nitrogens with one attached hydrogen (secondary N) is 1. The Labute approximate surface area is 155 Å². The molecule has 1 fully saturated rings. The smallest absolute Gasteiger partial charge is 0.410 e. The van der Waals surface area contributed by atoms with Gasteiger partial charge in [0.2, 0.25) is 5.91 Å². The Morgan fingerprint density at radius 3 is 2.46 bits per heavy atom. The summed E-state index contributed by atoms with van der Waals surface area (Å²) in [7, 11) is 1.59. The van der Waals surface area contributed by atoms with Crippen LogP contribution in [-0.2, 0) is 9.53 Å². The molecule has 0 aliphatic carbocycles. The van der Waals surface area contributed by atoms with Crippen LogP contribution in [0.2, 0.25) is 0 Å². The lowest BCUT2D eigenvalue weighted by Crippen LogP contribution is -2.42. The Kier molecular flexibility index (Phi) is 6.51. The van der Waals surface area contributed by atoms with Crippen LogP contribution in [0.25, 0.3) is 0 Å². The van der Waals surface area contributed by atoms with Gasteiger partial charge in [-0.3, -0.25) is 4.79 Å². The lowest BCUT2D eigenvalue weighted by atomic mass is 9.93. The van der Waals surface area contributed by atoms with Crippen LogP contribution in [-0.4, -0.2) is 42.7 Å². The van der Waals surface area contributed by atoms with Gasteiger partial charge in [0.1, 0.15) is 11.4 Å². The van der Waals surface area contributed by atoms with Crippen LogP contribution < -0.4 is 10.1 Å². The van der Waals surface area contributed by atoms with E-state index in [9.17, 15) is 9.59 Å². The molecule has 2 rings (SSSR count). The number of ether oxygens (including phenoxy) is 2. The Morgan fingerprint density at radius 2 is 1.88 bits per heavy atom. The van der Waals surface area contributed by atoms with Crippen LogP contribution >= 0.6 is 0 Å². The van der Waals surface area contributed by atoms with Crippen molar-refractivity contribution in [1.29, 1.82) is 0 Å². The number of amides is 2. The molecule has 2 amide bonds. The number of piperidine rings is 1. The molecule has 0 unspecified atom stereocenters. The number of hydrogen-bond donors (Lipinski definition) is 1. The van der Waals surface area contributed by atoms with E-state index in [0.29, 0.717) is 30.9 Å². The third kappa shape index (κ3) is 5.93.